The van der Waals surface area contributed by atoms with Crippen LogP contribution in [-0.4, -0.2) is 38.6 Å². The first kappa shape index (κ1) is 15.2. The van der Waals surface area contributed by atoms with Gasteiger partial charge in [0.25, 0.3) is 0 Å². The lowest BCUT2D eigenvalue weighted by Gasteiger charge is -2.32. The molecule has 2 rings (SSSR count). The molecule has 114 valence electrons. The second-order valence-electron chi connectivity index (χ2n) is 4.90. The Balaban J connectivity index is 2.34. The largest absolute Gasteiger partial charge is 0.497 e. The van der Waals surface area contributed by atoms with E-state index in [2.05, 4.69) is 5.32 Å². The number of carbonyl (C=O) groups is 2. The minimum absolute atomic E-state index is 0.00930. The van der Waals surface area contributed by atoms with Crippen molar-refractivity contribution in [1.29, 1.82) is 0 Å². The van der Waals surface area contributed by atoms with Crippen molar-refractivity contribution in [3.8, 4) is 11.5 Å². The van der Waals surface area contributed by atoms with Crippen molar-refractivity contribution in [3.63, 3.8) is 0 Å². The molecular formula is C15H20N2O4. The van der Waals surface area contributed by atoms with Gasteiger partial charge >= 0.3 is 0 Å². The maximum absolute atomic E-state index is 12.5. The van der Waals surface area contributed by atoms with Gasteiger partial charge < -0.3 is 19.7 Å². The summed E-state index contributed by atoms with van der Waals surface area (Å²) in [6.45, 7) is 1.99. The zero-order valence-electron chi connectivity index (χ0n) is 12.5. The van der Waals surface area contributed by atoms with Crippen LogP contribution in [-0.2, 0) is 9.59 Å². The molecule has 0 radical (unpaired) electrons. The van der Waals surface area contributed by atoms with Gasteiger partial charge in [0.05, 0.1) is 19.9 Å². The molecular weight excluding hydrogens is 272 g/mol. The Kier molecular flexibility index (Phi) is 4.67. The van der Waals surface area contributed by atoms with Crippen LogP contribution in [0.3, 0.4) is 0 Å². The van der Waals surface area contributed by atoms with Crippen LogP contribution in [0.5, 0.6) is 11.5 Å². The second-order valence-corrected chi connectivity index (χ2v) is 4.90. The van der Waals surface area contributed by atoms with Crippen LogP contribution in [0.2, 0.25) is 0 Å². The van der Waals surface area contributed by atoms with Crippen molar-refractivity contribution in [2.24, 2.45) is 0 Å². The topological polar surface area (TPSA) is 67.9 Å². The van der Waals surface area contributed by atoms with Crippen LogP contribution >= 0.6 is 0 Å². The van der Waals surface area contributed by atoms with E-state index < -0.39 is 6.04 Å². The van der Waals surface area contributed by atoms with Crippen molar-refractivity contribution in [3.05, 3.63) is 18.2 Å². The van der Waals surface area contributed by atoms with E-state index in [4.69, 9.17) is 9.47 Å². The summed E-state index contributed by atoms with van der Waals surface area (Å²) in [5.74, 6) is 0.895. The number of amides is 2. The fourth-order valence-electron chi connectivity index (χ4n) is 2.36. The molecule has 6 nitrogen and oxygen atoms in total. The predicted octanol–water partition coefficient (Wildman–Crippen LogP) is 1.34. The molecule has 1 atom stereocenters. The first-order valence-corrected chi connectivity index (χ1v) is 6.92. The lowest BCUT2D eigenvalue weighted by molar-refractivity contribution is -0.131. The third-order valence-electron chi connectivity index (χ3n) is 3.43. The Morgan fingerprint density at radius 1 is 1.19 bits per heavy atom. The highest BCUT2D eigenvalue weighted by Crippen LogP contribution is 2.29. The summed E-state index contributed by atoms with van der Waals surface area (Å²) in [6, 6.07) is 4.71. The standard InChI is InChI=1S/C15H20N2O4/c1-4-5-13-15(19)17(9-14(18)16-13)10-6-11(20-2)8-12(7-10)21-3/h6-8,13H,4-5,9H2,1-3H3,(H,16,18). The van der Waals surface area contributed by atoms with Crippen LogP contribution in [0.1, 0.15) is 19.8 Å². The van der Waals surface area contributed by atoms with Gasteiger partial charge in [-0.2, -0.15) is 0 Å². The monoisotopic (exact) mass is 292 g/mol. The summed E-state index contributed by atoms with van der Waals surface area (Å²) < 4.78 is 10.4. The van der Waals surface area contributed by atoms with Crippen LogP contribution < -0.4 is 19.7 Å². The van der Waals surface area contributed by atoms with Gasteiger partial charge in [-0.1, -0.05) is 13.3 Å². The molecule has 0 aromatic heterocycles. The highest BCUT2D eigenvalue weighted by molar-refractivity contribution is 6.06. The van der Waals surface area contributed by atoms with Gasteiger partial charge in [0.1, 0.15) is 24.1 Å². The summed E-state index contributed by atoms with van der Waals surface area (Å²) in [6.07, 6.45) is 1.45. The van der Waals surface area contributed by atoms with E-state index >= 15 is 0 Å². The van der Waals surface area contributed by atoms with Crippen molar-refractivity contribution < 1.29 is 19.1 Å². The molecule has 1 aliphatic rings. The smallest absolute Gasteiger partial charge is 0.250 e. The maximum atomic E-state index is 12.5. The number of ether oxygens (including phenoxy) is 2. The average Bonchev–Trinajstić information content (AvgIpc) is 2.50. The van der Waals surface area contributed by atoms with E-state index in [1.165, 1.54) is 4.90 Å². The molecule has 0 bridgehead atoms. The van der Waals surface area contributed by atoms with E-state index in [0.717, 1.165) is 6.42 Å². The highest BCUT2D eigenvalue weighted by Gasteiger charge is 2.33. The number of rotatable bonds is 5. The Morgan fingerprint density at radius 3 is 2.33 bits per heavy atom. The molecule has 1 saturated heterocycles. The van der Waals surface area contributed by atoms with E-state index in [1.54, 1.807) is 32.4 Å². The van der Waals surface area contributed by atoms with Crippen molar-refractivity contribution in [2.45, 2.75) is 25.8 Å². The van der Waals surface area contributed by atoms with Crippen LogP contribution in [0.15, 0.2) is 18.2 Å². The number of methoxy groups -OCH3 is 2. The van der Waals surface area contributed by atoms with Crippen LogP contribution in [0.4, 0.5) is 5.69 Å². The van der Waals surface area contributed by atoms with E-state index in [0.29, 0.717) is 23.6 Å². The number of anilines is 1. The molecule has 1 aromatic carbocycles. The summed E-state index contributed by atoms with van der Waals surface area (Å²) in [5.41, 5.74) is 0.604. The molecule has 1 heterocycles. The molecule has 6 heteroatoms. The molecule has 1 unspecified atom stereocenters. The summed E-state index contributed by atoms with van der Waals surface area (Å²) in [5, 5.41) is 2.73. The number of benzene rings is 1. The zero-order valence-corrected chi connectivity index (χ0v) is 12.5. The van der Waals surface area contributed by atoms with Gasteiger partial charge in [-0.15, -0.1) is 0 Å². The molecule has 0 saturated carbocycles. The molecule has 1 aromatic rings. The quantitative estimate of drug-likeness (QED) is 0.889. The van der Waals surface area contributed by atoms with Gasteiger partial charge in [-0.25, -0.2) is 0 Å². The molecule has 0 aliphatic carbocycles. The number of nitrogens with zero attached hydrogens (tertiary/aromatic N) is 1. The number of carbonyl (C=O) groups excluding carboxylic acids is 2. The average molecular weight is 292 g/mol. The van der Waals surface area contributed by atoms with Gasteiger partial charge in [-0.05, 0) is 6.42 Å². The minimum Gasteiger partial charge on any atom is -0.497 e. The Hall–Kier alpha value is -2.24. The van der Waals surface area contributed by atoms with Gasteiger partial charge in [0, 0.05) is 18.2 Å². The third-order valence-corrected chi connectivity index (χ3v) is 3.43. The highest BCUT2D eigenvalue weighted by atomic mass is 16.5. The minimum atomic E-state index is -0.464. The molecule has 1 fully saturated rings. The Morgan fingerprint density at radius 2 is 1.81 bits per heavy atom. The lowest BCUT2D eigenvalue weighted by atomic mass is 10.1. The number of hydrogen-bond acceptors (Lipinski definition) is 4. The summed E-state index contributed by atoms with van der Waals surface area (Å²) >= 11 is 0. The summed E-state index contributed by atoms with van der Waals surface area (Å²) in [4.78, 5) is 25.8. The van der Waals surface area contributed by atoms with E-state index in [1.807, 2.05) is 6.92 Å². The van der Waals surface area contributed by atoms with Crippen LogP contribution in [0, 0.1) is 0 Å². The molecule has 1 N–H and O–H groups in total. The van der Waals surface area contributed by atoms with Crippen molar-refractivity contribution >= 4 is 17.5 Å². The first-order valence-electron chi connectivity index (χ1n) is 6.92. The van der Waals surface area contributed by atoms with Crippen molar-refractivity contribution in [1.82, 2.24) is 5.32 Å². The SMILES string of the molecule is CCCC1NC(=O)CN(c2cc(OC)cc(OC)c2)C1=O. The van der Waals surface area contributed by atoms with Gasteiger partial charge in [0.2, 0.25) is 11.8 Å². The van der Waals surface area contributed by atoms with E-state index in [9.17, 15) is 9.59 Å². The van der Waals surface area contributed by atoms with Gasteiger partial charge in [-0.3, -0.25) is 9.59 Å². The summed E-state index contributed by atoms with van der Waals surface area (Å²) in [7, 11) is 3.09. The Bertz CT molecular complexity index is 522. The maximum Gasteiger partial charge on any atom is 0.250 e. The predicted molar refractivity (Wildman–Crippen MR) is 78.7 cm³/mol. The third kappa shape index (κ3) is 3.26. The molecule has 21 heavy (non-hydrogen) atoms. The fraction of sp³-hybridized carbons (Fsp3) is 0.467. The molecule has 2 amide bonds. The first-order chi connectivity index (χ1) is 10.1. The number of nitrogens with one attached hydrogen (secondary N) is 1. The normalized spacial score (nSPS) is 18.4. The van der Waals surface area contributed by atoms with E-state index in [-0.39, 0.29) is 18.4 Å². The fourth-order valence-corrected chi connectivity index (χ4v) is 2.36. The molecule has 0 spiro atoms. The number of hydrogen-bond donors (Lipinski definition) is 1. The number of piperazine rings is 1. The van der Waals surface area contributed by atoms with Gasteiger partial charge in [0.15, 0.2) is 0 Å². The second kappa shape index (κ2) is 6.47. The Labute approximate surface area is 124 Å². The van der Waals surface area contributed by atoms with Crippen molar-refractivity contribution in [2.75, 3.05) is 25.7 Å². The lowest BCUT2D eigenvalue weighted by Crippen LogP contribution is -2.58. The molecule has 1 aliphatic heterocycles. The van der Waals surface area contributed by atoms with Crippen LogP contribution in [0.25, 0.3) is 0 Å². The zero-order chi connectivity index (χ0) is 15.4.